The van der Waals surface area contributed by atoms with Crippen molar-refractivity contribution in [3.63, 3.8) is 0 Å². The van der Waals surface area contributed by atoms with Crippen LogP contribution in [0.25, 0.3) is 0 Å². The number of carbonyl (C=O) groups is 1. The molecule has 19 heavy (non-hydrogen) atoms. The van der Waals surface area contributed by atoms with E-state index in [1.807, 2.05) is 13.0 Å². The number of ketones is 1. The third-order valence-corrected chi connectivity index (χ3v) is 2.76. The van der Waals surface area contributed by atoms with Crippen molar-refractivity contribution in [3.8, 4) is 0 Å². The number of nitrogens with one attached hydrogen (secondary N) is 1. The first kappa shape index (κ1) is 13.1. The van der Waals surface area contributed by atoms with E-state index >= 15 is 0 Å². The third-order valence-electron chi connectivity index (χ3n) is 2.76. The number of aryl methyl sites for hydroxylation is 1. The topological polar surface area (TPSA) is 55.1 Å². The lowest BCUT2D eigenvalue weighted by Gasteiger charge is -2.10. The first-order chi connectivity index (χ1) is 8.95. The maximum Gasteiger partial charge on any atom is 0.161 e. The molecule has 3 N–H and O–H groups in total. The molecule has 0 aliphatic rings. The van der Waals surface area contributed by atoms with Gasteiger partial charge in [0.05, 0.1) is 0 Å². The highest BCUT2D eigenvalue weighted by molar-refractivity contribution is 5.99. The molecule has 4 heteroatoms. The van der Waals surface area contributed by atoms with E-state index in [-0.39, 0.29) is 11.6 Å². The number of anilines is 3. The molecule has 2 aromatic rings. The second kappa shape index (κ2) is 5.10. The summed E-state index contributed by atoms with van der Waals surface area (Å²) >= 11 is 0. The van der Waals surface area contributed by atoms with E-state index in [1.54, 1.807) is 18.2 Å². The van der Waals surface area contributed by atoms with Gasteiger partial charge in [0, 0.05) is 22.6 Å². The van der Waals surface area contributed by atoms with E-state index in [9.17, 15) is 9.18 Å². The molecule has 0 heterocycles. The molecule has 98 valence electrons. The van der Waals surface area contributed by atoms with E-state index in [2.05, 4.69) is 5.32 Å². The summed E-state index contributed by atoms with van der Waals surface area (Å²) in [7, 11) is 0. The minimum absolute atomic E-state index is 0.0781. The fraction of sp³-hybridized carbons (Fsp3) is 0.133. The first-order valence-corrected chi connectivity index (χ1v) is 5.90. The van der Waals surface area contributed by atoms with Crippen molar-refractivity contribution in [2.24, 2.45) is 0 Å². The van der Waals surface area contributed by atoms with Crippen LogP contribution in [0.4, 0.5) is 21.5 Å². The molecule has 0 saturated heterocycles. The van der Waals surface area contributed by atoms with Crippen molar-refractivity contribution in [2.45, 2.75) is 13.8 Å². The Bertz CT molecular complexity index is 618. The summed E-state index contributed by atoms with van der Waals surface area (Å²) in [5.41, 5.74) is 8.89. The molecular weight excluding hydrogens is 243 g/mol. The average molecular weight is 258 g/mol. The summed E-state index contributed by atoms with van der Waals surface area (Å²) in [4.78, 5) is 11.3. The van der Waals surface area contributed by atoms with E-state index < -0.39 is 0 Å². The number of hydrogen-bond acceptors (Lipinski definition) is 3. The van der Waals surface area contributed by atoms with Gasteiger partial charge >= 0.3 is 0 Å². The fourth-order valence-corrected chi connectivity index (χ4v) is 1.94. The molecule has 2 rings (SSSR count). The number of hydrogen-bond donors (Lipinski definition) is 2. The smallest absolute Gasteiger partial charge is 0.161 e. The molecule has 0 aliphatic heterocycles. The van der Waals surface area contributed by atoms with Crippen molar-refractivity contribution < 1.29 is 9.18 Å². The van der Waals surface area contributed by atoms with E-state index in [0.717, 1.165) is 5.56 Å². The molecule has 2 aromatic carbocycles. The van der Waals surface area contributed by atoms with Crippen molar-refractivity contribution in [1.82, 2.24) is 0 Å². The summed E-state index contributed by atoms with van der Waals surface area (Å²) in [6, 6.07) is 9.76. The Balaban J connectivity index is 2.28. The van der Waals surface area contributed by atoms with Crippen LogP contribution in [-0.2, 0) is 0 Å². The zero-order valence-electron chi connectivity index (χ0n) is 10.8. The van der Waals surface area contributed by atoms with Gasteiger partial charge in [-0.05, 0) is 55.8 Å². The highest BCUT2D eigenvalue weighted by Gasteiger charge is 2.06. The van der Waals surface area contributed by atoms with Crippen LogP contribution in [-0.4, -0.2) is 5.78 Å². The van der Waals surface area contributed by atoms with Crippen LogP contribution in [0.2, 0.25) is 0 Å². The number of halogens is 1. The van der Waals surface area contributed by atoms with Crippen molar-refractivity contribution in [2.75, 3.05) is 11.1 Å². The highest BCUT2D eigenvalue weighted by atomic mass is 19.1. The molecule has 3 nitrogen and oxygen atoms in total. The average Bonchev–Trinajstić information content (AvgIpc) is 2.26. The van der Waals surface area contributed by atoms with Gasteiger partial charge in [0.15, 0.2) is 5.78 Å². The summed E-state index contributed by atoms with van der Waals surface area (Å²) in [5.74, 6) is -0.374. The van der Waals surface area contributed by atoms with Crippen LogP contribution in [0.5, 0.6) is 0 Å². The lowest BCUT2D eigenvalue weighted by Crippen LogP contribution is -2.01. The second-order valence-electron chi connectivity index (χ2n) is 4.50. The molecule has 0 fully saturated rings. The van der Waals surface area contributed by atoms with Crippen LogP contribution in [0.15, 0.2) is 36.4 Å². The van der Waals surface area contributed by atoms with E-state index in [4.69, 9.17) is 5.73 Å². The summed E-state index contributed by atoms with van der Waals surface area (Å²) in [5, 5.41) is 3.06. The monoisotopic (exact) mass is 258 g/mol. The SMILES string of the molecule is CC(=O)c1ccc(Nc2cc(C)cc(F)c2)cc1N. The molecule has 0 saturated carbocycles. The number of nitrogens with two attached hydrogens (primary N) is 1. The Labute approximate surface area is 111 Å². The van der Waals surface area contributed by atoms with E-state index in [0.29, 0.717) is 22.6 Å². The maximum atomic E-state index is 13.3. The number of rotatable bonds is 3. The predicted octanol–water partition coefficient (Wildman–Crippen LogP) is 3.66. The van der Waals surface area contributed by atoms with Gasteiger partial charge in [-0.25, -0.2) is 4.39 Å². The first-order valence-electron chi connectivity index (χ1n) is 5.90. The van der Waals surface area contributed by atoms with Crippen molar-refractivity contribution >= 4 is 22.8 Å². The molecule has 0 radical (unpaired) electrons. The van der Waals surface area contributed by atoms with Crippen molar-refractivity contribution in [3.05, 3.63) is 53.3 Å². The third kappa shape index (κ3) is 3.10. The van der Waals surface area contributed by atoms with Gasteiger partial charge in [0.1, 0.15) is 5.82 Å². The standard InChI is InChI=1S/C15H15FN2O/c1-9-5-11(16)7-13(6-9)18-12-3-4-14(10(2)19)15(17)8-12/h3-8,18H,17H2,1-2H3. The number of benzene rings is 2. The lowest BCUT2D eigenvalue weighted by atomic mass is 10.1. The zero-order chi connectivity index (χ0) is 14.0. The lowest BCUT2D eigenvalue weighted by molar-refractivity contribution is 0.101. The molecule has 0 aromatic heterocycles. The number of Topliss-reactive ketones (excluding diaryl/α,β-unsaturated/α-hetero) is 1. The zero-order valence-corrected chi connectivity index (χ0v) is 10.8. The van der Waals surface area contributed by atoms with Crippen LogP contribution < -0.4 is 11.1 Å². The Morgan fingerprint density at radius 3 is 2.47 bits per heavy atom. The van der Waals surface area contributed by atoms with E-state index in [1.165, 1.54) is 19.1 Å². The minimum atomic E-state index is -0.296. The number of carbonyl (C=O) groups excluding carboxylic acids is 1. The fourth-order valence-electron chi connectivity index (χ4n) is 1.94. The second-order valence-corrected chi connectivity index (χ2v) is 4.50. The van der Waals surface area contributed by atoms with Crippen LogP contribution in [0.3, 0.4) is 0 Å². The maximum absolute atomic E-state index is 13.3. The molecule has 0 atom stereocenters. The van der Waals surface area contributed by atoms with Crippen LogP contribution in [0.1, 0.15) is 22.8 Å². The summed E-state index contributed by atoms with van der Waals surface area (Å²) in [6.45, 7) is 3.29. The molecular formula is C15H15FN2O. The van der Waals surface area contributed by atoms with Gasteiger partial charge in [-0.2, -0.15) is 0 Å². The minimum Gasteiger partial charge on any atom is -0.398 e. The van der Waals surface area contributed by atoms with Gasteiger partial charge in [-0.1, -0.05) is 0 Å². The van der Waals surface area contributed by atoms with Gasteiger partial charge in [0.2, 0.25) is 0 Å². The van der Waals surface area contributed by atoms with Gasteiger partial charge in [-0.3, -0.25) is 4.79 Å². The Hall–Kier alpha value is -2.36. The quantitative estimate of drug-likeness (QED) is 0.652. The predicted molar refractivity (Wildman–Crippen MR) is 75.3 cm³/mol. The van der Waals surface area contributed by atoms with Gasteiger partial charge < -0.3 is 11.1 Å². The Morgan fingerprint density at radius 2 is 1.89 bits per heavy atom. The Kier molecular flexibility index (Phi) is 3.51. The Morgan fingerprint density at radius 1 is 1.16 bits per heavy atom. The number of nitrogen functional groups attached to an aromatic ring is 1. The van der Waals surface area contributed by atoms with Crippen molar-refractivity contribution in [1.29, 1.82) is 0 Å². The largest absolute Gasteiger partial charge is 0.398 e. The normalized spacial score (nSPS) is 10.3. The van der Waals surface area contributed by atoms with Gasteiger partial charge in [-0.15, -0.1) is 0 Å². The molecule has 0 spiro atoms. The molecule has 0 unspecified atom stereocenters. The molecule has 0 bridgehead atoms. The highest BCUT2D eigenvalue weighted by Crippen LogP contribution is 2.23. The summed E-state index contributed by atoms with van der Waals surface area (Å²) in [6.07, 6.45) is 0. The summed E-state index contributed by atoms with van der Waals surface area (Å²) < 4.78 is 13.3. The van der Waals surface area contributed by atoms with Crippen LogP contribution >= 0.6 is 0 Å². The van der Waals surface area contributed by atoms with Crippen LogP contribution in [0, 0.1) is 12.7 Å². The van der Waals surface area contributed by atoms with Gasteiger partial charge in [0.25, 0.3) is 0 Å². The molecule has 0 aliphatic carbocycles. The molecule has 0 amide bonds.